The molecule has 6 heteroatoms. The molecule has 2 aliphatic rings. The molecule has 1 spiro atoms. The van der Waals surface area contributed by atoms with E-state index in [9.17, 15) is 4.79 Å². The van der Waals surface area contributed by atoms with Crippen LogP contribution in [0.3, 0.4) is 0 Å². The first-order chi connectivity index (χ1) is 12.5. The summed E-state index contributed by atoms with van der Waals surface area (Å²) >= 11 is 6.23. The maximum Gasteiger partial charge on any atom is 0.317 e. The molecule has 0 unspecified atom stereocenters. The molecule has 1 N–H and O–H groups in total. The number of ether oxygens (including phenoxy) is 1. The summed E-state index contributed by atoms with van der Waals surface area (Å²) in [7, 11) is 0. The molecular formula is C21H21Cl2NO3. The van der Waals surface area contributed by atoms with Gasteiger partial charge in [0.25, 0.3) is 0 Å². The standard InChI is InChI=1S/C21H20ClNO3.ClH/c22-16-6-7-19-17(12-16)18(15-4-2-1-3-5-15)13-21(26-19)8-10-23(11-9-21)14-20(24)25;/h1-7,12-13H,8-11,14H2,(H,24,25);1H. The number of fused-ring (bicyclic) bond motifs is 1. The molecular weight excluding hydrogens is 385 g/mol. The molecule has 2 aromatic carbocycles. The van der Waals surface area contributed by atoms with Gasteiger partial charge in [-0.25, -0.2) is 0 Å². The van der Waals surface area contributed by atoms with Crippen molar-refractivity contribution in [1.82, 2.24) is 4.90 Å². The van der Waals surface area contributed by atoms with Gasteiger partial charge >= 0.3 is 5.97 Å². The van der Waals surface area contributed by atoms with Crippen LogP contribution in [0.2, 0.25) is 5.02 Å². The third-order valence-electron chi connectivity index (χ3n) is 5.10. The van der Waals surface area contributed by atoms with Gasteiger partial charge in [-0.05, 0) is 35.4 Å². The summed E-state index contributed by atoms with van der Waals surface area (Å²) < 4.78 is 6.41. The molecule has 1 saturated heterocycles. The summed E-state index contributed by atoms with van der Waals surface area (Å²) in [4.78, 5) is 12.9. The number of carboxylic acids is 1. The largest absolute Gasteiger partial charge is 0.482 e. The Labute approximate surface area is 169 Å². The van der Waals surface area contributed by atoms with Gasteiger partial charge < -0.3 is 9.84 Å². The fourth-order valence-corrected chi connectivity index (χ4v) is 3.95. The molecule has 1 fully saturated rings. The Morgan fingerprint density at radius 2 is 1.85 bits per heavy atom. The number of rotatable bonds is 3. The van der Waals surface area contributed by atoms with E-state index in [4.69, 9.17) is 21.4 Å². The van der Waals surface area contributed by atoms with E-state index in [0.29, 0.717) is 18.1 Å². The fraction of sp³-hybridized carbons (Fsp3) is 0.286. The second-order valence-corrected chi connectivity index (χ2v) is 7.34. The smallest absolute Gasteiger partial charge is 0.317 e. The van der Waals surface area contributed by atoms with E-state index in [1.807, 2.05) is 41.3 Å². The van der Waals surface area contributed by atoms with Crippen molar-refractivity contribution in [3.05, 3.63) is 70.8 Å². The Hall–Kier alpha value is -2.01. The Morgan fingerprint density at radius 1 is 1.15 bits per heavy atom. The highest BCUT2D eigenvalue weighted by atomic mass is 35.5. The minimum absolute atomic E-state index is 0. The van der Waals surface area contributed by atoms with Gasteiger partial charge in [0.15, 0.2) is 0 Å². The van der Waals surface area contributed by atoms with Crippen LogP contribution in [0.25, 0.3) is 5.57 Å². The average molecular weight is 406 g/mol. The highest BCUT2D eigenvalue weighted by molar-refractivity contribution is 6.30. The van der Waals surface area contributed by atoms with Crippen LogP contribution in [0, 0.1) is 0 Å². The number of hydrogen-bond acceptors (Lipinski definition) is 3. The zero-order valence-electron chi connectivity index (χ0n) is 14.7. The number of carboxylic acid groups (broad SMARTS) is 1. The zero-order valence-corrected chi connectivity index (χ0v) is 16.3. The van der Waals surface area contributed by atoms with E-state index in [0.717, 1.165) is 35.3 Å². The molecule has 2 aromatic rings. The quantitative estimate of drug-likeness (QED) is 0.815. The van der Waals surface area contributed by atoms with E-state index in [1.165, 1.54) is 0 Å². The first-order valence-corrected chi connectivity index (χ1v) is 9.14. The molecule has 0 amide bonds. The normalized spacial score (nSPS) is 18.0. The zero-order chi connectivity index (χ0) is 18.1. The highest BCUT2D eigenvalue weighted by Gasteiger charge is 2.39. The topological polar surface area (TPSA) is 49.8 Å². The summed E-state index contributed by atoms with van der Waals surface area (Å²) in [6.45, 7) is 1.49. The van der Waals surface area contributed by atoms with Crippen molar-refractivity contribution in [3.63, 3.8) is 0 Å². The van der Waals surface area contributed by atoms with Crippen LogP contribution in [0.1, 0.15) is 24.0 Å². The van der Waals surface area contributed by atoms with Crippen molar-refractivity contribution >= 4 is 35.6 Å². The predicted octanol–water partition coefficient (Wildman–Crippen LogP) is 4.51. The number of aliphatic carboxylic acids is 1. The molecule has 0 aliphatic carbocycles. The monoisotopic (exact) mass is 405 g/mol. The van der Waals surface area contributed by atoms with Crippen molar-refractivity contribution in [2.24, 2.45) is 0 Å². The molecule has 4 rings (SSSR count). The summed E-state index contributed by atoms with van der Waals surface area (Å²) in [5, 5.41) is 9.70. The highest BCUT2D eigenvalue weighted by Crippen LogP contribution is 2.44. The lowest BCUT2D eigenvalue weighted by Gasteiger charge is -2.42. The van der Waals surface area contributed by atoms with Crippen LogP contribution in [-0.2, 0) is 4.79 Å². The minimum atomic E-state index is -0.786. The molecule has 2 heterocycles. The van der Waals surface area contributed by atoms with Crippen LogP contribution in [0.15, 0.2) is 54.6 Å². The van der Waals surface area contributed by atoms with E-state index in [-0.39, 0.29) is 19.0 Å². The van der Waals surface area contributed by atoms with E-state index >= 15 is 0 Å². The Morgan fingerprint density at radius 3 is 2.52 bits per heavy atom. The van der Waals surface area contributed by atoms with Gasteiger partial charge in [0.2, 0.25) is 0 Å². The fourth-order valence-electron chi connectivity index (χ4n) is 3.77. The van der Waals surface area contributed by atoms with Gasteiger partial charge in [-0.1, -0.05) is 41.9 Å². The number of hydrogen-bond donors (Lipinski definition) is 1. The van der Waals surface area contributed by atoms with Crippen molar-refractivity contribution in [2.45, 2.75) is 18.4 Å². The summed E-state index contributed by atoms with van der Waals surface area (Å²) in [6, 6.07) is 16.0. The Bertz CT molecular complexity index is 859. The first-order valence-electron chi connectivity index (χ1n) is 8.76. The van der Waals surface area contributed by atoms with Crippen LogP contribution in [0.5, 0.6) is 5.75 Å². The number of halogens is 2. The molecule has 0 aromatic heterocycles. The van der Waals surface area contributed by atoms with Crippen molar-refractivity contribution in [2.75, 3.05) is 19.6 Å². The number of piperidine rings is 1. The van der Waals surface area contributed by atoms with Gasteiger partial charge in [-0.2, -0.15) is 0 Å². The maximum absolute atomic E-state index is 11.0. The molecule has 0 saturated carbocycles. The average Bonchev–Trinajstić information content (AvgIpc) is 2.64. The third kappa shape index (κ3) is 4.13. The number of nitrogens with zero attached hydrogens (tertiary/aromatic N) is 1. The lowest BCUT2D eigenvalue weighted by atomic mass is 9.83. The van der Waals surface area contributed by atoms with Crippen molar-refractivity contribution in [3.8, 4) is 5.75 Å². The SMILES string of the molecule is Cl.O=C(O)CN1CCC2(C=C(c3ccccc3)c3cc(Cl)ccc3O2)CC1. The first kappa shape index (κ1) is 19.7. The van der Waals surface area contributed by atoms with Crippen molar-refractivity contribution in [1.29, 1.82) is 0 Å². The molecule has 27 heavy (non-hydrogen) atoms. The van der Waals surface area contributed by atoms with E-state index < -0.39 is 11.6 Å². The molecule has 0 bridgehead atoms. The second kappa shape index (κ2) is 7.93. The predicted molar refractivity (Wildman–Crippen MR) is 109 cm³/mol. The van der Waals surface area contributed by atoms with Gasteiger partial charge in [-0.3, -0.25) is 9.69 Å². The van der Waals surface area contributed by atoms with Crippen LogP contribution in [0.4, 0.5) is 0 Å². The maximum atomic E-state index is 11.0. The number of carbonyl (C=O) groups is 1. The molecule has 4 nitrogen and oxygen atoms in total. The minimum Gasteiger partial charge on any atom is -0.482 e. The Kier molecular flexibility index (Phi) is 5.80. The van der Waals surface area contributed by atoms with Gasteiger partial charge in [0.1, 0.15) is 11.4 Å². The molecule has 2 aliphatic heterocycles. The third-order valence-corrected chi connectivity index (χ3v) is 5.33. The van der Waals surface area contributed by atoms with Gasteiger partial charge in [0.05, 0.1) is 6.54 Å². The molecule has 0 atom stereocenters. The lowest BCUT2D eigenvalue weighted by Crippen LogP contribution is -2.49. The Balaban J connectivity index is 0.00000210. The molecule has 0 radical (unpaired) electrons. The summed E-state index contributed by atoms with van der Waals surface area (Å²) in [5.41, 5.74) is 2.86. The van der Waals surface area contributed by atoms with Crippen LogP contribution < -0.4 is 4.74 Å². The van der Waals surface area contributed by atoms with E-state index in [1.54, 1.807) is 0 Å². The van der Waals surface area contributed by atoms with E-state index in [2.05, 4.69) is 18.2 Å². The summed E-state index contributed by atoms with van der Waals surface area (Å²) in [5.74, 6) is 0.0495. The summed E-state index contributed by atoms with van der Waals surface area (Å²) in [6.07, 6.45) is 3.73. The van der Waals surface area contributed by atoms with Crippen LogP contribution in [-0.4, -0.2) is 41.2 Å². The molecule has 142 valence electrons. The van der Waals surface area contributed by atoms with Crippen molar-refractivity contribution < 1.29 is 14.6 Å². The van der Waals surface area contributed by atoms with Gasteiger partial charge in [0, 0.05) is 36.5 Å². The van der Waals surface area contributed by atoms with Crippen LogP contribution >= 0.6 is 24.0 Å². The van der Waals surface area contributed by atoms with Gasteiger partial charge in [-0.15, -0.1) is 12.4 Å². The lowest BCUT2D eigenvalue weighted by molar-refractivity contribution is -0.139. The second-order valence-electron chi connectivity index (χ2n) is 6.90. The number of benzene rings is 2. The number of likely N-dealkylation sites (tertiary alicyclic amines) is 1.